The van der Waals surface area contributed by atoms with Gasteiger partial charge in [-0.15, -0.1) is 0 Å². The molecular weight excluding hydrogens is 196 g/mol. The number of hydrogen-bond acceptors (Lipinski definition) is 2. The van der Waals surface area contributed by atoms with Gasteiger partial charge in [0.1, 0.15) is 0 Å². The van der Waals surface area contributed by atoms with Crippen LogP contribution in [0.1, 0.15) is 36.8 Å². The molecule has 1 N–H and O–H groups in total. The zero-order chi connectivity index (χ0) is 11.4. The number of rotatable bonds is 5. The van der Waals surface area contributed by atoms with Crippen molar-refractivity contribution in [1.82, 2.24) is 5.32 Å². The number of benzene rings is 1. The van der Waals surface area contributed by atoms with Crippen molar-refractivity contribution in [1.29, 1.82) is 5.26 Å². The van der Waals surface area contributed by atoms with Gasteiger partial charge in [0.25, 0.3) is 0 Å². The molecule has 1 aliphatic rings. The third-order valence-corrected chi connectivity index (χ3v) is 3.20. The minimum absolute atomic E-state index is 0.678. The number of nitrogens with zero attached hydrogens (tertiary/aromatic N) is 1. The highest BCUT2D eigenvalue weighted by Gasteiger charge is 2.37. The monoisotopic (exact) mass is 214 g/mol. The van der Waals surface area contributed by atoms with E-state index in [9.17, 15) is 0 Å². The van der Waals surface area contributed by atoms with Crippen LogP contribution in [0, 0.1) is 17.2 Å². The quantitative estimate of drug-likeness (QED) is 0.765. The van der Waals surface area contributed by atoms with Gasteiger partial charge < -0.3 is 5.32 Å². The second kappa shape index (κ2) is 5.14. The second-order valence-corrected chi connectivity index (χ2v) is 4.54. The highest BCUT2D eigenvalue weighted by Crippen LogP contribution is 2.46. The largest absolute Gasteiger partial charge is 0.316 e. The second-order valence-electron chi connectivity index (χ2n) is 4.54. The lowest BCUT2D eigenvalue weighted by Gasteiger charge is -2.02. The van der Waals surface area contributed by atoms with E-state index in [1.165, 1.54) is 18.4 Å². The van der Waals surface area contributed by atoms with Gasteiger partial charge in [0.15, 0.2) is 0 Å². The molecule has 0 saturated heterocycles. The van der Waals surface area contributed by atoms with Gasteiger partial charge in [-0.3, -0.25) is 0 Å². The van der Waals surface area contributed by atoms with Gasteiger partial charge in [-0.05, 0) is 55.5 Å². The summed E-state index contributed by atoms with van der Waals surface area (Å²) in [4.78, 5) is 0. The smallest absolute Gasteiger partial charge is 0.0991 e. The van der Waals surface area contributed by atoms with E-state index in [4.69, 9.17) is 5.26 Å². The summed E-state index contributed by atoms with van der Waals surface area (Å²) in [6, 6.07) is 10.2. The van der Waals surface area contributed by atoms with E-state index in [0.717, 1.165) is 24.6 Å². The summed E-state index contributed by atoms with van der Waals surface area (Å²) in [5, 5.41) is 12.3. The van der Waals surface area contributed by atoms with Gasteiger partial charge >= 0.3 is 0 Å². The van der Waals surface area contributed by atoms with Crippen LogP contribution in [0.3, 0.4) is 0 Å². The van der Waals surface area contributed by atoms with Gasteiger partial charge in [0.2, 0.25) is 0 Å². The van der Waals surface area contributed by atoms with E-state index in [0.29, 0.717) is 5.92 Å². The normalized spacial score (nSPS) is 22.8. The first-order valence-electron chi connectivity index (χ1n) is 6.06. The van der Waals surface area contributed by atoms with E-state index in [1.807, 2.05) is 18.2 Å². The van der Waals surface area contributed by atoms with E-state index in [1.54, 1.807) is 0 Å². The number of nitrogens with one attached hydrogen (secondary N) is 1. The van der Waals surface area contributed by atoms with Crippen molar-refractivity contribution in [3.05, 3.63) is 35.4 Å². The SMILES string of the molecule is CCCNCC1CC1c1cccc(C#N)c1. The van der Waals surface area contributed by atoms with Gasteiger partial charge in [0, 0.05) is 0 Å². The highest BCUT2D eigenvalue weighted by atomic mass is 14.9. The number of hydrogen-bond donors (Lipinski definition) is 1. The van der Waals surface area contributed by atoms with E-state index < -0.39 is 0 Å². The standard InChI is InChI=1S/C14H18N2/c1-2-6-16-10-13-8-14(13)12-5-3-4-11(7-12)9-15/h3-5,7,13-14,16H,2,6,8,10H2,1H3. The Hall–Kier alpha value is -1.33. The lowest BCUT2D eigenvalue weighted by Crippen LogP contribution is -2.17. The van der Waals surface area contributed by atoms with Gasteiger partial charge in [0.05, 0.1) is 11.6 Å². The molecule has 0 heterocycles. The van der Waals surface area contributed by atoms with Crippen molar-refractivity contribution in [3.63, 3.8) is 0 Å². The van der Waals surface area contributed by atoms with Crippen LogP contribution in [0.4, 0.5) is 0 Å². The van der Waals surface area contributed by atoms with Crippen molar-refractivity contribution < 1.29 is 0 Å². The minimum Gasteiger partial charge on any atom is -0.316 e. The van der Waals surface area contributed by atoms with Crippen molar-refractivity contribution in [2.24, 2.45) is 5.92 Å². The molecule has 1 fully saturated rings. The Balaban J connectivity index is 1.88. The van der Waals surface area contributed by atoms with Gasteiger partial charge in [-0.25, -0.2) is 0 Å². The molecular formula is C14H18N2. The Morgan fingerprint density at radius 3 is 3.12 bits per heavy atom. The predicted molar refractivity (Wildman–Crippen MR) is 65.2 cm³/mol. The van der Waals surface area contributed by atoms with E-state index in [-0.39, 0.29) is 0 Å². The molecule has 2 nitrogen and oxygen atoms in total. The Morgan fingerprint density at radius 2 is 2.38 bits per heavy atom. The fourth-order valence-corrected chi connectivity index (χ4v) is 2.18. The van der Waals surface area contributed by atoms with Crippen LogP contribution in [0.25, 0.3) is 0 Å². The molecule has 16 heavy (non-hydrogen) atoms. The predicted octanol–water partition coefficient (Wildman–Crippen LogP) is 2.66. The molecule has 1 aromatic carbocycles. The minimum atomic E-state index is 0.678. The van der Waals surface area contributed by atoms with Gasteiger partial charge in [-0.2, -0.15) is 5.26 Å². The summed E-state index contributed by atoms with van der Waals surface area (Å²) >= 11 is 0. The molecule has 1 saturated carbocycles. The third-order valence-electron chi connectivity index (χ3n) is 3.20. The molecule has 0 aliphatic heterocycles. The fourth-order valence-electron chi connectivity index (χ4n) is 2.18. The van der Waals surface area contributed by atoms with Crippen LogP contribution in [0.2, 0.25) is 0 Å². The molecule has 2 heteroatoms. The van der Waals surface area contributed by atoms with Crippen LogP contribution < -0.4 is 5.32 Å². The van der Waals surface area contributed by atoms with Crippen molar-refractivity contribution in [2.75, 3.05) is 13.1 Å². The lowest BCUT2D eigenvalue weighted by atomic mass is 10.1. The molecule has 2 atom stereocenters. The van der Waals surface area contributed by atoms with Crippen molar-refractivity contribution in [3.8, 4) is 6.07 Å². The third kappa shape index (κ3) is 2.62. The molecule has 0 radical (unpaired) electrons. The molecule has 0 spiro atoms. The zero-order valence-corrected chi connectivity index (χ0v) is 9.74. The average molecular weight is 214 g/mol. The van der Waals surface area contributed by atoms with Crippen LogP contribution in [0.15, 0.2) is 24.3 Å². The first kappa shape index (κ1) is 11.2. The molecule has 1 aliphatic carbocycles. The summed E-state index contributed by atoms with van der Waals surface area (Å²) in [6.45, 7) is 4.42. The Morgan fingerprint density at radius 1 is 1.50 bits per heavy atom. The Labute approximate surface area is 97.3 Å². The maximum atomic E-state index is 8.84. The zero-order valence-electron chi connectivity index (χ0n) is 9.74. The molecule has 0 aromatic heterocycles. The molecule has 0 bridgehead atoms. The highest BCUT2D eigenvalue weighted by molar-refractivity contribution is 5.36. The summed E-state index contributed by atoms with van der Waals surface area (Å²) in [5.74, 6) is 1.46. The summed E-state index contributed by atoms with van der Waals surface area (Å²) < 4.78 is 0. The van der Waals surface area contributed by atoms with Gasteiger partial charge in [-0.1, -0.05) is 19.1 Å². The van der Waals surface area contributed by atoms with Crippen molar-refractivity contribution in [2.45, 2.75) is 25.7 Å². The summed E-state index contributed by atoms with van der Waals surface area (Å²) in [6.07, 6.45) is 2.47. The maximum absolute atomic E-state index is 8.84. The Bertz CT molecular complexity index is 392. The molecule has 0 amide bonds. The van der Waals surface area contributed by atoms with E-state index >= 15 is 0 Å². The first-order chi connectivity index (χ1) is 7.85. The molecule has 84 valence electrons. The van der Waals surface area contributed by atoms with E-state index in [2.05, 4.69) is 24.4 Å². The van der Waals surface area contributed by atoms with Crippen LogP contribution in [-0.2, 0) is 0 Å². The molecule has 1 aromatic rings. The summed E-state index contributed by atoms with van der Waals surface area (Å²) in [7, 11) is 0. The first-order valence-corrected chi connectivity index (χ1v) is 6.06. The average Bonchev–Trinajstić information content (AvgIpc) is 3.09. The van der Waals surface area contributed by atoms with Crippen molar-refractivity contribution >= 4 is 0 Å². The molecule has 2 rings (SSSR count). The van der Waals surface area contributed by atoms with Crippen LogP contribution >= 0.6 is 0 Å². The fraction of sp³-hybridized carbons (Fsp3) is 0.500. The van der Waals surface area contributed by atoms with Crippen LogP contribution in [0.5, 0.6) is 0 Å². The maximum Gasteiger partial charge on any atom is 0.0991 e. The summed E-state index contributed by atoms with van der Waals surface area (Å²) in [5.41, 5.74) is 2.12. The van der Waals surface area contributed by atoms with Crippen LogP contribution in [-0.4, -0.2) is 13.1 Å². The molecule has 2 unspecified atom stereocenters. The number of nitriles is 1. The lowest BCUT2D eigenvalue weighted by molar-refractivity contribution is 0.620. The Kier molecular flexibility index (Phi) is 3.58. The topological polar surface area (TPSA) is 35.8 Å².